The number of benzene rings is 1. The molecule has 1 atom stereocenters. The molecule has 0 radical (unpaired) electrons. The third-order valence-corrected chi connectivity index (χ3v) is 3.96. The van der Waals surface area contributed by atoms with Gasteiger partial charge < -0.3 is 5.32 Å². The molecule has 0 aliphatic heterocycles. The molecule has 1 unspecified atom stereocenters. The lowest BCUT2D eigenvalue weighted by Crippen LogP contribution is -2.29. The summed E-state index contributed by atoms with van der Waals surface area (Å²) in [5.41, 5.74) is 2.34. The van der Waals surface area contributed by atoms with E-state index >= 15 is 0 Å². The second-order valence-corrected chi connectivity index (χ2v) is 5.83. The number of para-hydroxylation sites is 1. The van der Waals surface area contributed by atoms with Crippen LogP contribution in [0.1, 0.15) is 51.6 Å². The predicted octanol–water partition coefficient (Wildman–Crippen LogP) is 4.73. The monoisotopic (exact) mass is 284 g/mol. The molecule has 0 saturated carbocycles. The van der Waals surface area contributed by atoms with Crippen molar-refractivity contribution in [1.29, 1.82) is 0 Å². The van der Waals surface area contributed by atoms with Crippen molar-refractivity contribution in [1.82, 2.24) is 10.3 Å². The van der Waals surface area contributed by atoms with Crippen LogP contribution in [0.4, 0.5) is 0 Å². The number of hydrogen-bond acceptors (Lipinski definition) is 2. The molecule has 1 aromatic carbocycles. The van der Waals surface area contributed by atoms with Gasteiger partial charge in [0.15, 0.2) is 0 Å². The van der Waals surface area contributed by atoms with Gasteiger partial charge in [-0.05, 0) is 50.8 Å². The fraction of sp³-hybridized carbons (Fsp3) is 0.526. The number of nitrogens with zero attached hydrogens (tertiary/aromatic N) is 1. The number of aryl methyl sites for hydroxylation is 1. The molecular formula is C19H28N2. The number of fused-ring (bicyclic) bond motifs is 1. The molecule has 2 nitrogen and oxygen atoms in total. The van der Waals surface area contributed by atoms with Gasteiger partial charge in [-0.2, -0.15) is 0 Å². The van der Waals surface area contributed by atoms with Crippen LogP contribution in [0.3, 0.4) is 0 Å². The van der Waals surface area contributed by atoms with Crippen molar-refractivity contribution < 1.29 is 0 Å². The summed E-state index contributed by atoms with van der Waals surface area (Å²) in [6, 6.07) is 13.4. The Labute approximate surface area is 129 Å². The van der Waals surface area contributed by atoms with Crippen molar-refractivity contribution >= 4 is 10.9 Å². The van der Waals surface area contributed by atoms with E-state index in [0.29, 0.717) is 6.04 Å². The highest BCUT2D eigenvalue weighted by atomic mass is 14.9. The Morgan fingerprint density at radius 3 is 2.67 bits per heavy atom. The number of hydrogen-bond donors (Lipinski definition) is 1. The van der Waals surface area contributed by atoms with E-state index < -0.39 is 0 Å². The van der Waals surface area contributed by atoms with Crippen molar-refractivity contribution in [3.8, 4) is 0 Å². The first-order valence-electron chi connectivity index (χ1n) is 8.41. The molecular weight excluding hydrogens is 256 g/mol. The van der Waals surface area contributed by atoms with Crippen molar-refractivity contribution in [2.45, 2.75) is 58.4 Å². The first-order chi connectivity index (χ1) is 10.3. The van der Waals surface area contributed by atoms with Gasteiger partial charge >= 0.3 is 0 Å². The molecule has 1 N–H and O–H groups in total. The van der Waals surface area contributed by atoms with Gasteiger partial charge in [0.1, 0.15) is 0 Å². The van der Waals surface area contributed by atoms with Crippen molar-refractivity contribution in [2.75, 3.05) is 6.54 Å². The van der Waals surface area contributed by atoms with Gasteiger partial charge in [0.05, 0.1) is 5.52 Å². The van der Waals surface area contributed by atoms with E-state index in [2.05, 4.69) is 55.6 Å². The van der Waals surface area contributed by atoms with Crippen LogP contribution in [0.5, 0.6) is 0 Å². The number of rotatable bonds is 9. The maximum absolute atomic E-state index is 4.76. The molecule has 0 aliphatic carbocycles. The Hall–Kier alpha value is -1.41. The van der Waals surface area contributed by atoms with Crippen LogP contribution in [-0.2, 0) is 6.42 Å². The molecule has 0 aliphatic rings. The second-order valence-electron chi connectivity index (χ2n) is 5.83. The third-order valence-electron chi connectivity index (χ3n) is 3.96. The molecule has 0 amide bonds. The van der Waals surface area contributed by atoms with Crippen LogP contribution in [0.25, 0.3) is 10.9 Å². The molecule has 0 spiro atoms. The summed E-state index contributed by atoms with van der Waals surface area (Å²) >= 11 is 0. The first kappa shape index (κ1) is 16.0. The van der Waals surface area contributed by atoms with Crippen LogP contribution < -0.4 is 5.32 Å². The van der Waals surface area contributed by atoms with Crippen molar-refractivity contribution in [3.63, 3.8) is 0 Å². The Kier molecular flexibility index (Phi) is 6.68. The fourth-order valence-corrected chi connectivity index (χ4v) is 2.82. The Morgan fingerprint density at radius 2 is 1.86 bits per heavy atom. The Morgan fingerprint density at radius 1 is 1.00 bits per heavy atom. The van der Waals surface area contributed by atoms with Crippen LogP contribution in [-0.4, -0.2) is 17.6 Å². The number of nitrogens with one attached hydrogen (secondary N) is 1. The van der Waals surface area contributed by atoms with E-state index in [4.69, 9.17) is 4.98 Å². The molecule has 0 fully saturated rings. The fourth-order valence-electron chi connectivity index (χ4n) is 2.82. The van der Waals surface area contributed by atoms with Crippen LogP contribution >= 0.6 is 0 Å². The molecule has 2 rings (SSSR count). The Bertz CT molecular complexity index is 536. The predicted molar refractivity (Wildman–Crippen MR) is 91.7 cm³/mol. The second kappa shape index (κ2) is 8.78. The van der Waals surface area contributed by atoms with Gasteiger partial charge in [-0.3, -0.25) is 4.98 Å². The highest BCUT2D eigenvalue weighted by molar-refractivity contribution is 5.78. The number of pyridine rings is 1. The van der Waals surface area contributed by atoms with E-state index in [0.717, 1.165) is 18.5 Å². The quantitative estimate of drug-likeness (QED) is 0.720. The summed E-state index contributed by atoms with van der Waals surface area (Å²) in [5, 5.41) is 4.90. The molecule has 2 aromatic rings. The molecule has 0 saturated heterocycles. The summed E-state index contributed by atoms with van der Waals surface area (Å²) in [6.45, 7) is 5.64. The van der Waals surface area contributed by atoms with E-state index in [1.54, 1.807) is 0 Å². The normalized spacial score (nSPS) is 12.7. The van der Waals surface area contributed by atoms with E-state index in [1.165, 1.54) is 43.2 Å². The minimum atomic E-state index is 0.676. The van der Waals surface area contributed by atoms with Gasteiger partial charge in [0.25, 0.3) is 0 Å². The van der Waals surface area contributed by atoms with E-state index in [9.17, 15) is 0 Å². The lowest BCUT2D eigenvalue weighted by atomic mass is 10.0. The summed E-state index contributed by atoms with van der Waals surface area (Å²) in [5.74, 6) is 0. The summed E-state index contributed by atoms with van der Waals surface area (Å²) in [7, 11) is 0. The lowest BCUT2D eigenvalue weighted by molar-refractivity contribution is 0.437. The van der Waals surface area contributed by atoms with Crippen LogP contribution in [0.2, 0.25) is 0 Å². The van der Waals surface area contributed by atoms with E-state index in [1.807, 2.05) is 0 Å². The largest absolute Gasteiger partial charge is 0.314 e. The minimum absolute atomic E-state index is 0.676. The van der Waals surface area contributed by atoms with Crippen molar-refractivity contribution in [3.05, 3.63) is 42.1 Å². The lowest BCUT2D eigenvalue weighted by Gasteiger charge is -2.17. The highest BCUT2D eigenvalue weighted by Gasteiger charge is 2.06. The van der Waals surface area contributed by atoms with Gasteiger partial charge in [0.2, 0.25) is 0 Å². The minimum Gasteiger partial charge on any atom is -0.314 e. The molecule has 114 valence electrons. The zero-order valence-corrected chi connectivity index (χ0v) is 13.4. The van der Waals surface area contributed by atoms with Crippen LogP contribution in [0.15, 0.2) is 36.4 Å². The van der Waals surface area contributed by atoms with Gasteiger partial charge in [-0.15, -0.1) is 0 Å². The molecule has 1 aromatic heterocycles. The first-order valence-corrected chi connectivity index (χ1v) is 8.41. The smallest absolute Gasteiger partial charge is 0.0705 e. The van der Waals surface area contributed by atoms with Gasteiger partial charge in [0, 0.05) is 17.1 Å². The maximum Gasteiger partial charge on any atom is 0.0705 e. The topological polar surface area (TPSA) is 24.9 Å². The molecule has 21 heavy (non-hydrogen) atoms. The van der Waals surface area contributed by atoms with Gasteiger partial charge in [-0.25, -0.2) is 0 Å². The van der Waals surface area contributed by atoms with Crippen LogP contribution in [0, 0.1) is 0 Å². The molecule has 0 bridgehead atoms. The third kappa shape index (κ3) is 5.13. The standard InChI is InChI=1S/C19H28N2/c1-3-8-17(20-15-4-2)10-7-11-18-14-13-16-9-5-6-12-19(16)21-18/h5-6,9,12-14,17,20H,3-4,7-8,10-11,15H2,1-2H3. The van der Waals surface area contributed by atoms with Gasteiger partial charge in [-0.1, -0.05) is 44.5 Å². The average molecular weight is 284 g/mol. The van der Waals surface area contributed by atoms with E-state index in [-0.39, 0.29) is 0 Å². The molecule has 2 heteroatoms. The Balaban J connectivity index is 1.85. The van der Waals surface area contributed by atoms with Crippen molar-refractivity contribution in [2.24, 2.45) is 0 Å². The maximum atomic E-state index is 4.76. The highest BCUT2D eigenvalue weighted by Crippen LogP contribution is 2.14. The summed E-state index contributed by atoms with van der Waals surface area (Å²) in [4.78, 5) is 4.76. The zero-order chi connectivity index (χ0) is 14.9. The summed E-state index contributed by atoms with van der Waals surface area (Å²) in [6.07, 6.45) is 7.31. The zero-order valence-electron chi connectivity index (χ0n) is 13.4. The SMILES string of the molecule is CCCNC(CCC)CCCc1ccc2ccccc2n1. The number of aromatic nitrogens is 1. The summed E-state index contributed by atoms with van der Waals surface area (Å²) < 4.78 is 0. The molecule has 1 heterocycles. The average Bonchev–Trinajstić information content (AvgIpc) is 2.52.